The van der Waals surface area contributed by atoms with E-state index in [1.807, 2.05) is 10.3 Å². The Hall–Kier alpha value is -3.14. The standard InChI is InChI=1S/C21H22N4O5S/c1-12-18(20(27)30-2)19(14-5-7-15(8-6-14)25(28)29)24-16(11-31-21(24)23-12)9-17(26)22-10-13-3-4-13/h5-8,11,13,19H,3-4,9-10H2,1-2H3,(H,22,26)/t19-/m0/s1. The number of hydrogen-bond donors (Lipinski definition) is 1. The number of nitrogens with one attached hydrogen (secondary N) is 1. The van der Waals surface area contributed by atoms with Gasteiger partial charge < -0.3 is 15.0 Å². The maximum atomic E-state index is 12.6. The summed E-state index contributed by atoms with van der Waals surface area (Å²) in [6, 6.07) is 5.45. The smallest absolute Gasteiger partial charge is 0.338 e. The van der Waals surface area contributed by atoms with Gasteiger partial charge in [-0.05, 0) is 48.8 Å². The molecule has 1 aliphatic carbocycles. The van der Waals surface area contributed by atoms with Crippen LogP contribution in [0.15, 0.2) is 51.6 Å². The summed E-state index contributed by atoms with van der Waals surface area (Å²) in [5.74, 6) is -0.0428. The first-order valence-corrected chi connectivity index (χ1v) is 10.8. The molecule has 0 spiro atoms. The van der Waals surface area contributed by atoms with Gasteiger partial charge in [-0.25, -0.2) is 9.79 Å². The van der Waals surface area contributed by atoms with E-state index in [9.17, 15) is 19.7 Å². The van der Waals surface area contributed by atoms with Crippen molar-refractivity contribution in [1.29, 1.82) is 0 Å². The summed E-state index contributed by atoms with van der Waals surface area (Å²) in [5, 5.41) is 16.5. The summed E-state index contributed by atoms with van der Waals surface area (Å²) >= 11 is 1.38. The summed E-state index contributed by atoms with van der Waals surface area (Å²) in [5.41, 5.74) is 2.20. The van der Waals surface area contributed by atoms with Crippen molar-refractivity contribution in [2.75, 3.05) is 13.7 Å². The topological polar surface area (TPSA) is 114 Å². The van der Waals surface area contributed by atoms with Crippen LogP contribution in [0.25, 0.3) is 0 Å². The van der Waals surface area contributed by atoms with Gasteiger partial charge in [-0.2, -0.15) is 0 Å². The number of benzene rings is 1. The Morgan fingerprint density at radius 2 is 2.03 bits per heavy atom. The molecule has 1 fully saturated rings. The molecule has 2 aliphatic heterocycles. The molecular weight excluding hydrogens is 420 g/mol. The molecule has 1 N–H and O–H groups in total. The molecule has 9 nitrogen and oxygen atoms in total. The predicted octanol–water partition coefficient (Wildman–Crippen LogP) is 3.26. The number of esters is 1. The molecule has 1 atom stereocenters. The average Bonchev–Trinajstić information content (AvgIpc) is 3.51. The molecule has 2 heterocycles. The number of nitro groups is 1. The molecule has 31 heavy (non-hydrogen) atoms. The van der Waals surface area contributed by atoms with Gasteiger partial charge in [0.15, 0.2) is 5.17 Å². The van der Waals surface area contributed by atoms with Crippen LogP contribution in [0.3, 0.4) is 0 Å². The van der Waals surface area contributed by atoms with Crippen molar-refractivity contribution < 1.29 is 19.2 Å². The van der Waals surface area contributed by atoms with Crippen LogP contribution in [0.5, 0.6) is 0 Å². The molecule has 0 bridgehead atoms. The minimum absolute atomic E-state index is 0.0419. The second kappa shape index (κ2) is 8.54. The Morgan fingerprint density at radius 1 is 1.32 bits per heavy atom. The zero-order valence-electron chi connectivity index (χ0n) is 17.2. The number of thioether (sulfide) groups is 1. The summed E-state index contributed by atoms with van der Waals surface area (Å²) in [7, 11) is 1.30. The number of rotatable bonds is 7. The predicted molar refractivity (Wildman–Crippen MR) is 116 cm³/mol. The van der Waals surface area contributed by atoms with Crippen LogP contribution in [-0.4, -0.2) is 40.5 Å². The van der Waals surface area contributed by atoms with Gasteiger partial charge in [0.1, 0.15) is 0 Å². The summed E-state index contributed by atoms with van der Waals surface area (Å²) in [6.45, 7) is 2.41. The van der Waals surface area contributed by atoms with Crippen molar-refractivity contribution >= 4 is 34.5 Å². The number of hydrogen-bond acceptors (Lipinski definition) is 8. The van der Waals surface area contributed by atoms with Crippen LogP contribution in [0.1, 0.15) is 37.8 Å². The van der Waals surface area contributed by atoms with Gasteiger partial charge >= 0.3 is 5.97 Å². The largest absolute Gasteiger partial charge is 0.466 e. The number of allylic oxidation sites excluding steroid dienone is 1. The third-order valence-corrected chi connectivity index (χ3v) is 6.34. The number of nitro benzene ring substituents is 1. The zero-order valence-corrected chi connectivity index (χ0v) is 18.0. The molecule has 10 heteroatoms. The van der Waals surface area contributed by atoms with E-state index in [-0.39, 0.29) is 18.0 Å². The van der Waals surface area contributed by atoms with E-state index >= 15 is 0 Å². The minimum atomic E-state index is -0.599. The highest BCUT2D eigenvalue weighted by Gasteiger charge is 2.41. The fourth-order valence-electron chi connectivity index (χ4n) is 3.64. The Labute approximate surface area is 183 Å². The minimum Gasteiger partial charge on any atom is -0.466 e. The van der Waals surface area contributed by atoms with Crippen LogP contribution in [-0.2, 0) is 14.3 Å². The van der Waals surface area contributed by atoms with Crippen molar-refractivity contribution in [3.8, 4) is 0 Å². The molecule has 1 aromatic carbocycles. The number of aliphatic imine (C=N–C) groups is 1. The first-order valence-electron chi connectivity index (χ1n) is 9.92. The highest BCUT2D eigenvalue weighted by atomic mass is 32.2. The number of carbonyl (C=O) groups excluding carboxylic acids is 2. The van der Waals surface area contributed by atoms with Gasteiger partial charge in [0, 0.05) is 24.4 Å². The molecule has 1 aromatic rings. The Bertz CT molecular complexity index is 1030. The van der Waals surface area contributed by atoms with Crippen molar-refractivity contribution in [1.82, 2.24) is 10.2 Å². The van der Waals surface area contributed by atoms with E-state index in [4.69, 9.17) is 4.74 Å². The number of non-ortho nitro benzene ring substituents is 1. The van der Waals surface area contributed by atoms with Crippen LogP contribution >= 0.6 is 11.8 Å². The van der Waals surface area contributed by atoms with Gasteiger partial charge in [-0.15, -0.1) is 0 Å². The lowest BCUT2D eigenvalue weighted by atomic mass is 9.93. The number of carbonyl (C=O) groups is 2. The first kappa shape index (κ1) is 21.1. The third-order valence-electron chi connectivity index (χ3n) is 5.45. The van der Waals surface area contributed by atoms with E-state index in [1.165, 1.54) is 31.0 Å². The number of fused-ring (bicyclic) bond motifs is 1. The molecule has 162 valence electrons. The lowest BCUT2D eigenvalue weighted by molar-refractivity contribution is -0.384. The summed E-state index contributed by atoms with van der Waals surface area (Å²) in [6.07, 6.45) is 2.45. The lowest BCUT2D eigenvalue weighted by Crippen LogP contribution is -2.38. The maximum absolute atomic E-state index is 12.6. The van der Waals surface area contributed by atoms with E-state index in [0.717, 1.165) is 12.8 Å². The number of amidine groups is 1. The number of nitrogens with zero attached hydrogens (tertiary/aromatic N) is 3. The molecule has 0 radical (unpaired) electrons. The maximum Gasteiger partial charge on any atom is 0.338 e. The van der Waals surface area contributed by atoms with Crippen LogP contribution in [0.2, 0.25) is 0 Å². The molecule has 3 aliphatic rings. The van der Waals surface area contributed by atoms with Gasteiger partial charge in [0.25, 0.3) is 5.69 Å². The number of amides is 1. The molecule has 0 aromatic heterocycles. The lowest BCUT2D eigenvalue weighted by Gasteiger charge is -2.36. The molecule has 0 unspecified atom stereocenters. The second-order valence-corrected chi connectivity index (χ2v) is 8.49. The molecule has 0 saturated heterocycles. The van der Waals surface area contributed by atoms with Gasteiger partial charge in [-0.1, -0.05) is 11.8 Å². The first-order chi connectivity index (χ1) is 14.9. The Kier molecular flexibility index (Phi) is 5.81. The van der Waals surface area contributed by atoms with Crippen LogP contribution < -0.4 is 5.32 Å². The fraction of sp³-hybridized carbons (Fsp3) is 0.381. The summed E-state index contributed by atoms with van der Waals surface area (Å²) < 4.78 is 5.00. The van der Waals surface area contributed by atoms with Gasteiger partial charge in [-0.3, -0.25) is 14.9 Å². The van der Waals surface area contributed by atoms with Gasteiger partial charge in [0.05, 0.1) is 35.8 Å². The average molecular weight is 442 g/mol. The quantitative estimate of drug-likeness (QED) is 0.392. The Morgan fingerprint density at radius 3 is 2.65 bits per heavy atom. The monoisotopic (exact) mass is 442 g/mol. The zero-order chi connectivity index (χ0) is 22.1. The molecular formula is C21H22N4O5S. The molecule has 4 rings (SSSR count). The fourth-order valence-corrected chi connectivity index (χ4v) is 4.61. The molecule has 1 saturated carbocycles. The third kappa shape index (κ3) is 4.34. The number of methoxy groups -OCH3 is 1. The van der Waals surface area contributed by atoms with Crippen molar-refractivity contribution in [2.24, 2.45) is 10.9 Å². The van der Waals surface area contributed by atoms with Crippen molar-refractivity contribution in [3.63, 3.8) is 0 Å². The SMILES string of the molecule is COC(=O)C1=C(C)N=C2SC=C(CC(=O)NCC3CC3)N2[C@H]1c1ccc([N+](=O)[O-])cc1. The van der Waals surface area contributed by atoms with Gasteiger partial charge in [0.2, 0.25) is 5.91 Å². The van der Waals surface area contributed by atoms with E-state index in [0.29, 0.717) is 40.2 Å². The van der Waals surface area contributed by atoms with E-state index in [2.05, 4.69) is 10.3 Å². The normalized spacial score (nSPS) is 20.1. The molecule has 1 amide bonds. The summed E-state index contributed by atoms with van der Waals surface area (Å²) in [4.78, 5) is 42.1. The van der Waals surface area contributed by atoms with Crippen LogP contribution in [0.4, 0.5) is 5.69 Å². The Balaban J connectivity index is 1.66. The van der Waals surface area contributed by atoms with E-state index in [1.54, 1.807) is 19.1 Å². The second-order valence-electron chi connectivity index (χ2n) is 7.66. The van der Waals surface area contributed by atoms with E-state index < -0.39 is 16.9 Å². The van der Waals surface area contributed by atoms with Crippen molar-refractivity contribution in [2.45, 2.75) is 32.2 Å². The van der Waals surface area contributed by atoms with Crippen LogP contribution in [0, 0.1) is 16.0 Å². The number of ether oxygens (including phenoxy) is 1. The highest BCUT2D eigenvalue weighted by molar-refractivity contribution is 8.16. The van der Waals surface area contributed by atoms with Crippen molar-refractivity contribution in [3.05, 3.63) is 62.3 Å². The highest BCUT2D eigenvalue weighted by Crippen LogP contribution is 2.45.